The second kappa shape index (κ2) is 6.87. The van der Waals surface area contributed by atoms with Crippen LogP contribution in [0, 0.1) is 5.82 Å². The first kappa shape index (κ1) is 15.7. The average molecular weight is 373 g/mol. The van der Waals surface area contributed by atoms with Crippen molar-refractivity contribution in [1.29, 1.82) is 0 Å². The number of carbonyl (C=O) groups excluding carboxylic acids is 1. The molecule has 1 heterocycles. The van der Waals surface area contributed by atoms with Gasteiger partial charge in [0.25, 0.3) is 5.91 Å². The van der Waals surface area contributed by atoms with Crippen molar-refractivity contribution >= 4 is 44.8 Å². The topological polar surface area (TPSA) is 54.0 Å². The van der Waals surface area contributed by atoms with Crippen LogP contribution in [0.1, 0.15) is 17.3 Å². The number of hydrogen-bond donors (Lipinski definition) is 2. The first-order valence-corrected chi connectivity index (χ1v) is 7.33. The molecular weight excluding hydrogens is 361 g/mol. The molecule has 0 aliphatic rings. The number of rotatable bonds is 4. The van der Waals surface area contributed by atoms with E-state index < -0.39 is 5.82 Å². The van der Waals surface area contributed by atoms with Gasteiger partial charge in [-0.15, -0.1) is 0 Å². The molecule has 2 N–H and O–H groups in total. The summed E-state index contributed by atoms with van der Waals surface area (Å²) in [4.78, 5) is 16.3. The van der Waals surface area contributed by atoms with Crippen LogP contribution in [0.4, 0.5) is 15.8 Å². The molecule has 0 radical (unpaired) electrons. The van der Waals surface area contributed by atoms with E-state index in [0.717, 1.165) is 6.07 Å². The van der Waals surface area contributed by atoms with E-state index in [0.29, 0.717) is 28.0 Å². The minimum atomic E-state index is -0.484. The van der Waals surface area contributed by atoms with E-state index >= 15 is 0 Å². The Hall–Kier alpha value is -1.66. The Morgan fingerprint density at radius 3 is 2.90 bits per heavy atom. The molecule has 0 atom stereocenters. The van der Waals surface area contributed by atoms with Gasteiger partial charge in [-0.25, -0.2) is 4.39 Å². The quantitative estimate of drug-likeness (QED) is 0.840. The van der Waals surface area contributed by atoms with E-state index in [-0.39, 0.29) is 10.9 Å². The highest BCUT2D eigenvalue weighted by Crippen LogP contribution is 2.32. The Morgan fingerprint density at radius 1 is 1.48 bits per heavy atom. The molecule has 0 saturated heterocycles. The number of anilines is 2. The van der Waals surface area contributed by atoms with Gasteiger partial charge >= 0.3 is 0 Å². The van der Waals surface area contributed by atoms with Crippen LogP contribution in [-0.2, 0) is 0 Å². The number of aromatic nitrogens is 1. The van der Waals surface area contributed by atoms with E-state index in [1.54, 1.807) is 12.3 Å². The number of halogens is 3. The van der Waals surface area contributed by atoms with Crippen molar-refractivity contribution in [2.24, 2.45) is 0 Å². The van der Waals surface area contributed by atoms with Crippen molar-refractivity contribution in [3.63, 3.8) is 0 Å². The van der Waals surface area contributed by atoms with E-state index in [4.69, 9.17) is 11.6 Å². The van der Waals surface area contributed by atoms with Crippen LogP contribution in [0.3, 0.4) is 0 Å². The predicted octanol–water partition coefficient (Wildman–Crippen LogP) is 4.32. The summed E-state index contributed by atoms with van der Waals surface area (Å²) >= 11 is 9.14. The summed E-state index contributed by atoms with van der Waals surface area (Å²) in [5, 5.41) is 5.84. The highest BCUT2D eigenvalue weighted by atomic mass is 79.9. The van der Waals surface area contributed by atoms with Gasteiger partial charge in [-0.3, -0.25) is 9.78 Å². The van der Waals surface area contributed by atoms with Gasteiger partial charge in [-0.05, 0) is 41.1 Å². The highest BCUT2D eigenvalue weighted by molar-refractivity contribution is 9.10. The molecule has 21 heavy (non-hydrogen) atoms. The molecule has 0 aliphatic carbocycles. The summed E-state index contributed by atoms with van der Waals surface area (Å²) in [5.74, 6) is -0.843. The molecule has 0 aliphatic heterocycles. The van der Waals surface area contributed by atoms with Gasteiger partial charge in [0, 0.05) is 17.2 Å². The molecule has 0 fully saturated rings. The summed E-state index contributed by atoms with van der Waals surface area (Å²) in [6.45, 7) is 2.58. The van der Waals surface area contributed by atoms with Gasteiger partial charge < -0.3 is 10.6 Å². The fourth-order valence-electron chi connectivity index (χ4n) is 1.77. The Morgan fingerprint density at radius 2 is 2.24 bits per heavy atom. The average Bonchev–Trinajstić information content (AvgIpc) is 2.43. The summed E-state index contributed by atoms with van der Waals surface area (Å²) in [7, 11) is 0. The monoisotopic (exact) mass is 371 g/mol. The fraction of sp³-hybridized carbons (Fsp3) is 0.143. The van der Waals surface area contributed by atoms with E-state index in [9.17, 15) is 9.18 Å². The minimum absolute atomic E-state index is 0.120. The maximum atomic E-state index is 13.2. The Balaban J connectivity index is 2.31. The molecule has 1 aromatic heterocycles. The molecule has 110 valence electrons. The smallest absolute Gasteiger partial charge is 0.257 e. The number of nitrogens with one attached hydrogen (secondary N) is 2. The van der Waals surface area contributed by atoms with E-state index in [2.05, 4.69) is 31.5 Å². The summed E-state index contributed by atoms with van der Waals surface area (Å²) < 4.78 is 13.6. The molecule has 0 saturated carbocycles. The van der Waals surface area contributed by atoms with Crippen molar-refractivity contribution in [3.05, 3.63) is 51.5 Å². The lowest BCUT2D eigenvalue weighted by molar-refractivity contribution is 0.102. The third kappa shape index (κ3) is 3.71. The van der Waals surface area contributed by atoms with E-state index in [1.165, 1.54) is 12.3 Å². The van der Waals surface area contributed by atoms with Crippen LogP contribution in [0.25, 0.3) is 0 Å². The van der Waals surface area contributed by atoms with Crippen LogP contribution in [-0.4, -0.2) is 17.4 Å². The lowest BCUT2D eigenvalue weighted by Crippen LogP contribution is -2.15. The highest BCUT2D eigenvalue weighted by Gasteiger charge is 2.15. The second-order valence-corrected chi connectivity index (χ2v) is 5.41. The van der Waals surface area contributed by atoms with Crippen molar-refractivity contribution in [3.8, 4) is 0 Å². The molecule has 4 nitrogen and oxygen atoms in total. The zero-order valence-electron chi connectivity index (χ0n) is 11.1. The number of hydrogen-bond acceptors (Lipinski definition) is 3. The van der Waals surface area contributed by atoms with Gasteiger partial charge in [-0.1, -0.05) is 11.6 Å². The van der Waals surface area contributed by atoms with Gasteiger partial charge in [0.2, 0.25) is 0 Å². The molecule has 2 rings (SSSR count). The van der Waals surface area contributed by atoms with Crippen LogP contribution in [0.15, 0.2) is 35.1 Å². The molecule has 1 aromatic carbocycles. The van der Waals surface area contributed by atoms with Crippen molar-refractivity contribution in [1.82, 2.24) is 4.98 Å². The zero-order chi connectivity index (χ0) is 15.4. The van der Waals surface area contributed by atoms with Gasteiger partial charge in [-0.2, -0.15) is 0 Å². The number of benzene rings is 1. The Kier molecular flexibility index (Phi) is 5.14. The van der Waals surface area contributed by atoms with Gasteiger partial charge in [0.1, 0.15) is 5.82 Å². The fourth-order valence-corrected chi connectivity index (χ4v) is 2.67. The number of nitrogens with zero attached hydrogens (tertiary/aromatic N) is 1. The second-order valence-electron chi connectivity index (χ2n) is 4.15. The third-order valence-corrected chi connectivity index (χ3v) is 3.60. The molecule has 0 spiro atoms. The maximum absolute atomic E-state index is 13.2. The number of amides is 1. The number of carbonyl (C=O) groups is 1. The van der Waals surface area contributed by atoms with Crippen LogP contribution >= 0.6 is 27.5 Å². The maximum Gasteiger partial charge on any atom is 0.257 e. The summed E-state index contributed by atoms with van der Waals surface area (Å²) in [5.41, 5.74) is 1.37. The van der Waals surface area contributed by atoms with Crippen molar-refractivity contribution in [2.45, 2.75) is 6.92 Å². The van der Waals surface area contributed by atoms with Crippen LogP contribution < -0.4 is 10.6 Å². The molecule has 2 aromatic rings. The lowest BCUT2D eigenvalue weighted by Gasteiger charge is -2.12. The molecule has 0 unspecified atom stereocenters. The zero-order valence-corrected chi connectivity index (χ0v) is 13.4. The molecular formula is C14H12BrClFN3O. The first-order valence-electron chi connectivity index (χ1n) is 6.16. The third-order valence-electron chi connectivity index (χ3n) is 2.68. The SMILES string of the molecule is CCNc1cnccc1C(=O)Nc1c(Cl)cc(F)cc1Br. The normalized spacial score (nSPS) is 10.3. The van der Waals surface area contributed by atoms with Crippen LogP contribution in [0.5, 0.6) is 0 Å². The number of pyridine rings is 1. The predicted molar refractivity (Wildman–Crippen MR) is 85.5 cm³/mol. The minimum Gasteiger partial charge on any atom is -0.383 e. The largest absolute Gasteiger partial charge is 0.383 e. The van der Waals surface area contributed by atoms with Crippen molar-refractivity contribution in [2.75, 3.05) is 17.2 Å². The first-order chi connectivity index (χ1) is 10.0. The van der Waals surface area contributed by atoms with Crippen LogP contribution in [0.2, 0.25) is 5.02 Å². The van der Waals surface area contributed by atoms with Gasteiger partial charge in [0.05, 0.1) is 28.2 Å². The molecule has 7 heteroatoms. The Bertz CT molecular complexity index is 658. The molecule has 1 amide bonds. The summed E-state index contributed by atoms with van der Waals surface area (Å²) in [6, 6.07) is 3.97. The lowest BCUT2D eigenvalue weighted by atomic mass is 10.2. The standard InChI is InChI=1S/C14H12BrClFN3O/c1-2-19-12-7-18-4-3-9(12)14(21)20-13-10(15)5-8(17)6-11(13)16/h3-7,19H,2H2,1H3,(H,20,21). The summed E-state index contributed by atoms with van der Waals surface area (Å²) in [6.07, 6.45) is 3.09. The molecule has 0 bridgehead atoms. The van der Waals surface area contributed by atoms with Gasteiger partial charge in [0.15, 0.2) is 0 Å². The van der Waals surface area contributed by atoms with E-state index in [1.807, 2.05) is 6.92 Å². The van der Waals surface area contributed by atoms with Crippen molar-refractivity contribution < 1.29 is 9.18 Å². The Labute approximate surface area is 134 Å².